The van der Waals surface area contributed by atoms with E-state index in [1.54, 1.807) is 18.2 Å². The van der Waals surface area contributed by atoms with Crippen LogP contribution in [0.5, 0.6) is 0 Å². The number of H-pyrrole nitrogens is 1. The number of hydrogen-bond donors (Lipinski definition) is 3. The summed E-state index contributed by atoms with van der Waals surface area (Å²) in [7, 11) is -1.97. The minimum absolute atomic E-state index is 0.0515. The van der Waals surface area contributed by atoms with Gasteiger partial charge in [-0.3, -0.25) is 4.72 Å². The van der Waals surface area contributed by atoms with E-state index >= 15 is 0 Å². The van der Waals surface area contributed by atoms with E-state index < -0.39 is 10.0 Å². The van der Waals surface area contributed by atoms with Gasteiger partial charge < -0.3 is 10.3 Å². The molecule has 0 unspecified atom stereocenters. The van der Waals surface area contributed by atoms with Crippen molar-refractivity contribution in [2.75, 3.05) is 17.1 Å². The summed E-state index contributed by atoms with van der Waals surface area (Å²) in [6.07, 6.45) is 1.83. The highest BCUT2D eigenvalue weighted by Crippen LogP contribution is 2.32. The molecular formula is C17H16N4O2S. The van der Waals surface area contributed by atoms with E-state index in [1.165, 1.54) is 12.1 Å². The van der Waals surface area contributed by atoms with Crippen molar-refractivity contribution >= 4 is 32.3 Å². The minimum Gasteiger partial charge on any atom is -0.388 e. The molecule has 7 heteroatoms. The lowest BCUT2D eigenvalue weighted by atomic mass is 10.1. The van der Waals surface area contributed by atoms with Crippen LogP contribution < -0.4 is 10.0 Å². The van der Waals surface area contributed by atoms with Crippen LogP contribution >= 0.6 is 0 Å². The number of benzene rings is 2. The Hall–Kier alpha value is -2.98. The van der Waals surface area contributed by atoms with E-state index in [-0.39, 0.29) is 4.90 Å². The topological polar surface area (TPSA) is 97.8 Å². The van der Waals surface area contributed by atoms with Crippen LogP contribution in [0.3, 0.4) is 0 Å². The van der Waals surface area contributed by atoms with E-state index in [9.17, 15) is 8.42 Å². The van der Waals surface area contributed by atoms with Gasteiger partial charge in [0.1, 0.15) is 0 Å². The predicted octanol–water partition coefficient (Wildman–Crippen LogP) is 3.19. The number of sulfonamides is 1. The second-order valence-electron chi connectivity index (χ2n) is 5.38. The number of nitriles is 1. The Labute approximate surface area is 140 Å². The van der Waals surface area contributed by atoms with Crippen LogP contribution in [0.1, 0.15) is 11.1 Å². The molecule has 0 aliphatic heterocycles. The molecular weight excluding hydrogens is 324 g/mol. The number of anilines is 2. The largest absolute Gasteiger partial charge is 0.388 e. The number of rotatable bonds is 4. The maximum Gasteiger partial charge on any atom is 0.262 e. The van der Waals surface area contributed by atoms with Crippen molar-refractivity contribution in [3.05, 3.63) is 53.7 Å². The highest BCUT2D eigenvalue weighted by molar-refractivity contribution is 7.92. The second kappa shape index (κ2) is 5.91. The molecule has 122 valence electrons. The maximum atomic E-state index is 12.6. The Morgan fingerprint density at radius 2 is 1.92 bits per heavy atom. The maximum absolute atomic E-state index is 12.6. The van der Waals surface area contributed by atoms with Crippen molar-refractivity contribution in [1.29, 1.82) is 5.26 Å². The summed E-state index contributed by atoms with van der Waals surface area (Å²) >= 11 is 0. The molecule has 3 N–H and O–H groups in total. The average molecular weight is 340 g/mol. The standard InChI is InChI=1S/C17H16N4O2S/c1-11-10-20-17-15(7-6-14(19-2)16(11)17)21-24(22,23)13-5-3-4-12(8-13)9-18/h3-8,10,19-21H,1-2H3. The van der Waals surface area contributed by atoms with Crippen LogP contribution in [0.2, 0.25) is 0 Å². The first-order chi connectivity index (χ1) is 11.5. The Balaban J connectivity index is 2.08. The van der Waals surface area contributed by atoms with Crippen LogP contribution in [-0.4, -0.2) is 20.4 Å². The van der Waals surface area contributed by atoms with Gasteiger partial charge in [-0.25, -0.2) is 8.42 Å². The monoisotopic (exact) mass is 340 g/mol. The summed E-state index contributed by atoms with van der Waals surface area (Å²) < 4.78 is 27.8. The fourth-order valence-corrected chi connectivity index (χ4v) is 3.76. The average Bonchev–Trinajstić information content (AvgIpc) is 2.98. The first kappa shape index (κ1) is 15.9. The van der Waals surface area contributed by atoms with E-state index in [0.717, 1.165) is 16.6 Å². The summed E-state index contributed by atoms with van der Waals surface area (Å²) in [5.74, 6) is 0. The molecule has 2 aromatic carbocycles. The molecule has 0 amide bonds. The number of fused-ring (bicyclic) bond motifs is 1. The van der Waals surface area contributed by atoms with E-state index in [1.807, 2.05) is 32.3 Å². The Morgan fingerprint density at radius 3 is 2.62 bits per heavy atom. The second-order valence-corrected chi connectivity index (χ2v) is 7.06. The van der Waals surface area contributed by atoms with Crippen molar-refractivity contribution < 1.29 is 8.42 Å². The molecule has 0 saturated carbocycles. The van der Waals surface area contributed by atoms with Crippen LogP contribution in [0.15, 0.2) is 47.5 Å². The highest BCUT2D eigenvalue weighted by atomic mass is 32.2. The van der Waals surface area contributed by atoms with Gasteiger partial charge in [0.2, 0.25) is 0 Å². The first-order valence-electron chi connectivity index (χ1n) is 7.27. The normalized spacial score (nSPS) is 11.2. The zero-order valence-corrected chi connectivity index (χ0v) is 14.0. The lowest BCUT2D eigenvalue weighted by molar-refractivity contribution is 0.601. The zero-order valence-electron chi connectivity index (χ0n) is 13.2. The lowest BCUT2D eigenvalue weighted by Crippen LogP contribution is -2.13. The fraction of sp³-hybridized carbons (Fsp3) is 0.118. The predicted molar refractivity (Wildman–Crippen MR) is 94.5 cm³/mol. The molecule has 3 aromatic rings. The number of aryl methyl sites for hydroxylation is 1. The van der Waals surface area contributed by atoms with Gasteiger partial charge in [0.15, 0.2) is 0 Å². The number of aromatic amines is 1. The van der Waals surface area contributed by atoms with E-state index in [2.05, 4.69) is 15.0 Å². The van der Waals surface area contributed by atoms with Crippen molar-refractivity contribution in [2.45, 2.75) is 11.8 Å². The third kappa shape index (κ3) is 2.68. The SMILES string of the molecule is CNc1ccc(NS(=O)(=O)c2cccc(C#N)c2)c2[nH]cc(C)c12. The Kier molecular flexibility index (Phi) is 3.91. The van der Waals surface area contributed by atoms with Gasteiger partial charge in [0.25, 0.3) is 10.0 Å². The summed E-state index contributed by atoms with van der Waals surface area (Å²) in [5, 5.41) is 13.0. The molecule has 1 aromatic heterocycles. The van der Waals surface area contributed by atoms with Gasteiger partial charge in [-0.05, 0) is 42.8 Å². The van der Waals surface area contributed by atoms with E-state index in [4.69, 9.17) is 5.26 Å². The Morgan fingerprint density at radius 1 is 1.17 bits per heavy atom. The van der Waals surface area contributed by atoms with Gasteiger partial charge in [-0.2, -0.15) is 5.26 Å². The molecule has 0 atom stereocenters. The summed E-state index contributed by atoms with van der Waals surface area (Å²) in [4.78, 5) is 3.16. The molecule has 3 rings (SSSR count). The molecule has 1 heterocycles. The van der Waals surface area contributed by atoms with Crippen LogP contribution in [0.4, 0.5) is 11.4 Å². The molecule has 6 nitrogen and oxygen atoms in total. The first-order valence-corrected chi connectivity index (χ1v) is 8.76. The summed E-state index contributed by atoms with van der Waals surface area (Å²) in [6.45, 7) is 1.95. The van der Waals surface area contributed by atoms with E-state index in [0.29, 0.717) is 16.8 Å². The van der Waals surface area contributed by atoms with Crippen molar-refractivity contribution in [2.24, 2.45) is 0 Å². The third-order valence-electron chi connectivity index (χ3n) is 3.82. The third-order valence-corrected chi connectivity index (χ3v) is 5.18. The van der Waals surface area contributed by atoms with Gasteiger partial charge in [0, 0.05) is 24.3 Å². The smallest absolute Gasteiger partial charge is 0.262 e. The molecule has 0 spiro atoms. The summed E-state index contributed by atoms with van der Waals surface area (Å²) in [5.41, 5.74) is 3.39. The quantitative estimate of drug-likeness (QED) is 0.679. The van der Waals surface area contributed by atoms with Crippen molar-refractivity contribution in [3.63, 3.8) is 0 Å². The highest BCUT2D eigenvalue weighted by Gasteiger charge is 2.18. The molecule has 24 heavy (non-hydrogen) atoms. The van der Waals surface area contributed by atoms with Crippen LogP contribution in [-0.2, 0) is 10.0 Å². The molecule has 0 fully saturated rings. The molecule has 0 aliphatic carbocycles. The molecule has 0 aliphatic rings. The number of nitrogens with zero attached hydrogens (tertiary/aromatic N) is 1. The summed E-state index contributed by atoms with van der Waals surface area (Å²) in [6, 6.07) is 11.4. The number of aromatic nitrogens is 1. The molecule has 0 saturated heterocycles. The van der Waals surface area contributed by atoms with Crippen LogP contribution in [0, 0.1) is 18.3 Å². The number of nitrogens with one attached hydrogen (secondary N) is 3. The lowest BCUT2D eigenvalue weighted by Gasteiger charge is -2.12. The van der Waals surface area contributed by atoms with Gasteiger partial charge in [-0.15, -0.1) is 0 Å². The molecule has 0 bridgehead atoms. The zero-order chi connectivity index (χ0) is 17.3. The van der Waals surface area contributed by atoms with Gasteiger partial charge in [0.05, 0.1) is 27.7 Å². The fourth-order valence-electron chi connectivity index (χ4n) is 2.64. The minimum atomic E-state index is -3.79. The van der Waals surface area contributed by atoms with Crippen LogP contribution in [0.25, 0.3) is 10.9 Å². The van der Waals surface area contributed by atoms with Gasteiger partial charge >= 0.3 is 0 Å². The van der Waals surface area contributed by atoms with Crippen molar-refractivity contribution in [1.82, 2.24) is 4.98 Å². The Bertz CT molecular complexity index is 1060. The number of hydrogen-bond acceptors (Lipinski definition) is 4. The van der Waals surface area contributed by atoms with Crippen molar-refractivity contribution in [3.8, 4) is 6.07 Å². The molecule has 0 radical (unpaired) electrons. The van der Waals surface area contributed by atoms with Gasteiger partial charge in [-0.1, -0.05) is 6.07 Å².